The molecule has 0 radical (unpaired) electrons. The van der Waals surface area contributed by atoms with Crippen LogP contribution in [-0.2, 0) is 11.2 Å². The van der Waals surface area contributed by atoms with Gasteiger partial charge in [-0.3, -0.25) is 4.79 Å². The van der Waals surface area contributed by atoms with E-state index < -0.39 is 11.4 Å². The van der Waals surface area contributed by atoms with Gasteiger partial charge >= 0.3 is 5.97 Å². The second kappa shape index (κ2) is 7.84. The van der Waals surface area contributed by atoms with Gasteiger partial charge < -0.3 is 23.9 Å². The average Bonchev–Trinajstić information content (AvgIpc) is 2.66. The molecule has 1 aromatic carbocycles. The Kier molecular flexibility index (Phi) is 5.51. The molecule has 1 N–H and O–H groups in total. The fourth-order valence-corrected chi connectivity index (χ4v) is 3.44. The van der Waals surface area contributed by atoms with Crippen LogP contribution in [0.25, 0.3) is 11.3 Å². The van der Waals surface area contributed by atoms with Crippen molar-refractivity contribution in [1.29, 1.82) is 0 Å². The minimum absolute atomic E-state index is 0.0615. The van der Waals surface area contributed by atoms with E-state index in [0.717, 1.165) is 17.5 Å². The van der Waals surface area contributed by atoms with Crippen molar-refractivity contribution in [3.05, 3.63) is 45.7 Å². The fourth-order valence-electron chi connectivity index (χ4n) is 3.44. The maximum absolute atomic E-state index is 12.3. The molecule has 0 amide bonds. The molecular formula is C20H23NO6. The molecule has 0 aliphatic carbocycles. The molecule has 0 fully saturated rings. The van der Waals surface area contributed by atoms with Crippen molar-refractivity contribution in [2.45, 2.75) is 25.8 Å². The SMILES string of the molecule is CC[C@@H]1Cc2cc(OCCOC)c(OC)cc2-c2cc(=O)c(C(=O)O)cn21. The lowest BCUT2D eigenvalue weighted by Gasteiger charge is -2.31. The van der Waals surface area contributed by atoms with E-state index in [0.29, 0.717) is 36.8 Å². The molecular weight excluding hydrogens is 350 g/mol. The van der Waals surface area contributed by atoms with Crippen molar-refractivity contribution in [2.75, 3.05) is 27.4 Å². The van der Waals surface area contributed by atoms with Crippen LogP contribution < -0.4 is 14.9 Å². The predicted molar refractivity (Wildman–Crippen MR) is 100 cm³/mol. The number of hydrogen-bond donors (Lipinski definition) is 1. The van der Waals surface area contributed by atoms with E-state index in [9.17, 15) is 14.7 Å². The molecule has 3 rings (SSSR count). The molecule has 2 aromatic rings. The second-order valence-corrected chi connectivity index (χ2v) is 6.42. The zero-order chi connectivity index (χ0) is 19.6. The third-order valence-electron chi connectivity index (χ3n) is 4.84. The van der Waals surface area contributed by atoms with Crippen LogP contribution in [0.3, 0.4) is 0 Å². The topological polar surface area (TPSA) is 87.0 Å². The summed E-state index contributed by atoms with van der Waals surface area (Å²) in [6.45, 7) is 2.91. The highest BCUT2D eigenvalue weighted by atomic mass is 16.5. The second-order valence-electron chi connectivity index (χ2n) is 6.42. The van der Waals surface area contributed by atoms with Gasteiger partial charge in [0.1, 0.15) is 12.2 Å². The summed E-state index contributed by atoms with van der Waals surface area (Å²) in [6, 6.07) is 5.24. The van der Waals surface area contributed by atoms with E-state index in [2.05, 4.69) is 0 Å². The number of hydrogen-bond acceptors (Lipinski definition) is 5. The lowest BCUT2D eigenvalue weighted by molar-refractivity contribution is 0.0694. The molecule has 0 saturated heterocycles. The molecule has 0 unspecified atom stereocenters. The average molecular weight is 373 g/mol. The van der Waals surface area contributed by atoms with Crippen molar-refractivity contribution >= 4 is 5.97 Å². The van der Waals surface area contributed by atoms with Gasteiger partial charge in [-0.2, -0.15) is 0 Å². The summed E-state index contributed by atoms with van der Waals surface area (Å²) in [7, 11) is 3.17. The number of methoxy groups -OCH3 is 2. The number of benzene rings is 1. The normalized spacial score (nSPS) is 15.0. The first-order chi connectivity index (χ1) is 13.0. The summed E-state index contributed by atoms with van der Waals surface area (Å²) in [5, 5.41) is 9.28. The van der Waals surface area contributed by atoms with E-state index >= 15 is 0 Å². The molecule has 144 valence electrons. The third-order valence-corrected chi connectivity index (χ3v) is 4.84. The number of pyridine rings is 1. The van der Waals surface area contributed by atoms with Gasteiger partial charge in [0.2, 0.25) is 0 Å². The molecule has 0 saturated carbocycles. The Balaban J connectivity index is 2.14. The van der Waals surface area contributed by atoms with Crippen molar-refractivity contribution in [3.8, 4) is 22.8 Å². The van der Waals surface area contributed by atoms with Gasteiger partial charge in [0.05, 0.1) is 19.4 Å². The van der Waals surface area contributed by atoms with Crippen LogP contribution in [0.4, 0.5) is 0 Å². The van der Waals surface area contributed by atoms with Crippen LogP contribution in [0.2, 0.25) is 0 Å². The Morgan fingerprint density at radius 2 is 2.00 bits per heavy atom. The number of carbonyl (C=O) groups is 1. The van der Waals surface area contributed by atoms with Crippen molar-refractivity contribution < 1.29 is 24.1 Å². The van der Waals surface area contributed by atoms with E-state index in [1.54, 1.807) is 14.2 Å². The van der Waals surface area contributed by atoms with Crippen LogP contribution >= 0.6 is 0 Å². The maximum atomic E-state index is 12.3. The van der Waals surface area contributed by atoms with E-state index in [1.165, 1.54) is 12.3 Å². The standard InChI is InChI=1S/C20H23NO6/c1-4-13-7-12-8-19(27-6-5-25-2)18(26-3)9-14(12)16-10-17(22)15(20(23)24)11-21(13)16/h8-11,13H,4-7H2,1-3H3,(H,23,24)/t13-/m1/s1. The van der Waals surface area contributed by atoms with Crippen molar-refractivity contribution in [2.24, 2.45) is 0 Å². The molecule has 7 nitrogen and oxygen atoms in total. The van der Waals surface area contributed by atoms with Crippen LogP contribution in [0.5, 0.6) is 11.5 Å². The molecule has 7 heteroatoms. The largest absolute Gasteiger partial charge is 0.493 e. The van der Waals surface area contributed by atoms with Gasteiger partial charge in [0.15, 0.2) is 16.9 Å². The lowest BCUT2D eigenvalue weighted by Crippen LogP contribution is -2.25. The van der Waals surface area contributed by atoms with Crippen LogP contribution in [0.15, 0.2) is 29.2 Å². The van der Waals surface area contributed by atoms with Gasteiger partial charge in [0.25, 0.3) is 0 Å². The number of aromatic carboxylic acids is 1. The highest BCUT2D eigenvalue weighted by Crippen LogP contribution is 2.41. The highest BCUT2D eigenvalue weighted by Gasteiger charge is 2.26. The molecule has 0 spiro atoms. The van der Waals surface area contributed by atoms with Gasteiger partial charge in [-0.05, 0) is 30.5 Å². The Morgan fingerprint density at radius 1 is 1.22 bits per heavy atom. The Hall–Kier alpha value is -2.80. The zero-order valence-electron chi connectivity index (χ0n) is 15.7. The summed E-state index contributed by atoms with van der Waals surface area (Å²) in [4.78, 5) is 23.6. The molecule has 2 heterocycles. The first-order valence-corrected chi connectivity index (χ1v) is 8.82. The van der Waals surface area contributed by atoms with Crippen molar-refractivity contribution in [3.63, 3.8) is 0 Å². The van der Waals surface area contributed by atoms with Gasteiger partial charge in [-0.15, -0.1) is 0 Å². The minimum Gasteiger partial charge on any atom is -0.493 e. The fraction of sp³-hybridized carbons (Fsp3) is 0.400. The van der Waals surface area contributed by atoms with Crippen LogP contribution in [0.1, 0.15) is 35.3 Å². The summed E-state index contributed by atoms with van der Waals surface area (Å²) < 4.78 is 18.1. The lowest BCUT2D eigenvalue weighted by atomic mass is 9.90. The number of rotatable bonds is 7. The number of aromatic nitrogens is 1. The van der Waals surface area contributed by atoms with Gasteiger partial charge in [-0.25, -0.2) is 4.79 Å². The van der Waals surface area contributed by atoms with E-state index in [-0.39, 0.29) is 11.6 Å². The molecule has 1 aliphatic rings. The van der Waals surface area contributed by atoms with Gasteiger partial charge in [0, 0.05) is 31.0 Å². The monoisotopic (exact) mass is 373 g/mol. The summed E-state index contributed by atoms with van der Waals surface area (Å²) in [5.41, 5.74) is 1.87. The molecule has 0 bridgehead atoms. The van der Waals surface area contributed by atoms with Crippen LogP contribution in [0, 0.1) is 0 Å². The van der Waals surface area contributed by atoms with E-state index in [1.807, 2.05) is 23.6 Å². The van der Waals surface area contributed by atoms with Gasteiger partial charge in [-0.1, -0.05) is 6.92 Å². The smallest absolute Gasteiger partial charge is 0.341 e. The number of fused-ring (bicyclic) bond motifs is 3. The third kappa shape index (κ3) is 3.55. The molecule has 27 heavy (non-hydrogen) atoms. The van der Waals surface area contributed by atoms with Crippen LogP contribution in [-0.4, -0.2) is 43.1 Å². The first kappa shape index (κ1) is 19.0. The zero-order valence-corrected chi connectivity index (χ0v) is 15.7. The Bertz CT molecular complexity index is 917. The minimum atomic E-state index is -1.21. The Morgan fingerprint density at radius 3 is 2.63 bits per heavy atom. The number of nitrogens with zero attached hydrogens (tertiary/aromatic N) is 1. The number of ether oxygens (including phenoxy) is 3. The molecule has 1 aromatic heterocycles. The highest BCUT2D eigenvalue weighted by molar-refractivity contribution is 5.87. The molecule has 1 aliphatic heterocycles. The predicted octanol–water partition coefficient (Wildman–Crippen LogP) is 2.75. The summed E-state index contributed by atoms with van der Waals surface area (Å²) >= 11 is 0. The summed E-state index contributed by atoms with van der Waals surface area (Å²) in [5.74, 6) is -0.0300. The first-order valence-electron chi connectivity index (χ1n) is 8.82. The number of carboxylic acids is 1. The quantitative estimate of drug-likeness (QED) is 0.751. The van der Waals surface area contributed by atoms with Crippen molar-refractivity contribution in [1.82, 2.24) is 4.57 Å². The Labute approximate surface area is 157 Å². The molecule has 1 atom stereocenters. The maximum Gasteiger partial charge on any atom is 0.341 e. The van der Waals surface area contributed by atoms with E-state index in [4.69, 9.17) is 14.2 Å². The summed E-state index contributed by atoms with van der Waals surface area (Å²) in [6.07, 6.45) is 2.97. The number of carboxylic acid groups (broad SMARTS) is 1.